The van der Waals surface area contributed by atoms with Gasteiger partial charge in [0.25, 0.3) is 0 Å². The number of hydrogen-bond acceptors (Lipinski definition) is 6. The van der Waals surface area contributed by atoms with Crippen LogP contribution in [0.5, 0.6) is 0 Å². The molecule has 1 unspecified atom stereocenters. The first-order valence-electron chi connectivity index (χ1n) is 6.94. The minimum absolute atomic E-state index is 0.0930. The van der Waals surface area contributed by atoms with Gasteiger partial charge in [0.15, 0.2) is 5.82 Å². The van der Waals surface area contributed by atoms with Gasteiger partial charge in [-0.15, -0.1) is 0 Å². The number of benzene rings is 1. The Labute approximate surface area is 130 Å². The Morgan fingerprint density at radius 3 is 2.73 bits per heavy atom. The number of hydrogen-bond donors (Lipinski definition) is 2. The van der Waals surface area contributed by atoms with Crippen molar-refractivity contribution >= 4 is 16.7 Å². The number of aliphatic hydroxyl groups excluding tert-OH is 1. The van der Waals surface area contributed by atoms with Crippen LogP contribution in [0, 0.1) is 11.6 Å². The van der Waals surface area contributed by atoms with Gasteiger partial charge >= 0.3 is 0 Å². The molecule has 3 N–H and O–H groups in total. The lowest BCUT2D eigenvalue weighted by Gasteiger charge is -2.38. The second-order valence-corrected chi connectivity index (χ2v) is 6.33. The lowest BCUT2D eigenvalue weighted by Crippen LogP contribution is -2.56. The zero-order valence-electron chi connectivity index (χ0n) is 11.8. The van der Waals surface area contributed by atoms with Gasteiger partial charge in [-0.25, -0.2) is 8.78 Å². The smallest absolute Gasteiger partial charge is 0.205 e. The third-order valence-corrected chi connectivity index (χ3v) is 4.51. The van der Waals surface area contributed by atoms with E-state index in [2.05, 4.69) is 9.36 Å². The topological polar surface area (TPSA) is 75.3 Å². The predicted molar refractivity (Wildman–Crippen MR) is 80.7 cm³/mol. The van der Waals surface area contributed by atoms with E-state index in [1.165, 1.54) is 12.1 Å². The molecule has 0 aliphatic carbocycles. The molecule has 1 aromatic carbocycles. The number of nitrogens with two attached hydrogens (primary N) is 1. The number of nitrogens with zero attached hydrogens (tertiary/aromatic N) is 3. The van der Waals surface area contributed by atoms with E-state index in [0.29, 0.717) is 17.2 Å². The second-order valence-electron chi connectivity index (χ2n) is 5.60. The van der Waals surface area contributed by atoms with Crippen molar-refractivity contribution in [2.24, 2.45) is 5.73 Å². The number of piperidine rings is 1. The molecule has 3 rings (SSSR count). The van der Waals surface area contributed by atoms with Crippen LogP contribution in [0.4, 0.5) is 13.9 Å². The largest absolute Gasteiger partial charge is 0.394 e. The summed E-state index contributed by atoms with van der Waals surface area (Å²) in [7, 11) is 0. The Bertz CT molecular complexity index is 660. The summed E-state index contributed by atoms with van der Waals surface area (Å²) in [4.78, 5) is 6.30. The maximum atomic E-state index is 13.3. The average molecular weight is 326 g/mol. The van der Waals surface area contributed by atoms with Gasteiger partial charge in [0.05, 0.1) is 12.1 Å². The average Bonchev–Trinajstić information content (AvgIpc) is 2.96. The number of halogens is 2. The van der Waals surface area contributed by atoms with Gasteiger partial charge in [-0.1, -0.05) is 0 Å². The van der Waals surface area contributed by atoms with Crippen molar-refractivity contribution in [2.75, 3.05) is 24.6 Å². The molecule has 2 heterocycles. The van der Waals surface area contributed by atoms with Crippen LogP contribution in [-0.4, -0.2) is 39.7 Å². The van der Waals surface area contributed by atoms with Crippen LogP contribution in [-0.2, 0) is 0 Å². The van der Waals surface area contributed by atoms with Crippen molar-refractivity contribution < 1.29 is 13.9 Å². The van der Waals surface area contributed by atoms with Gasteiger partial charge in [-0.2, -0.15) is 9.36 Å². The lowest BCUT2D eigenvalue weighted by atomic mass is 9.91. The van der Waals surface area contributed by atoms with E-state index < -0.39 is 17.2 Å². The zero-order chi connectivity index (χ0) is 15.7. The molecule has 0 radical (unpaired) electrons. The van der Waals surface area contributed by atoms with Crippen LogP contribution >= 0.6 is 11.5 Å². The minimum atomic E-state index is -0.662. The van der Waals surface area contributed by atoms with E-state index in [1.807, 2.05) is 4.90 Å². The molecule has 1 fully saturated rings. The van der Waals surface area contributed by atoms with Gasteiger partial charge in [0.2, 0.25) is 5.13 Å². The Balaban J connectivity index is 1.84. The fraction of sp³-hybridized carbons (Fsp3) is 0.429. The quantitative estimate of drug-likeness (QED) is 0.899. The SMILES string of the molecule is NC1(CO)CCCN(c2nc(-c3cc(F)cc(F)c3)ns2)C1. The van der Waals surface area contributed by atoms with Crippen molar-refractivity contribution in [3.8, 4) is 11.4 Å². The molecule has 1 saturated heterocycles. The van der Waals surface area contributed by atoms with Crippen molar-refractivity contribution in [2.45, 2.75) is 18.4 Å². The highest BCUT2D eigenvalue weighted by Gasteiger charge is 2.32. The van der Waals surface area contributed by atoms with Crippen LogP contribution in [0.2, 0.25) is 0 Å². The molecule has 1 aliphatic heterocycles. The minimum Gasteiger partial charge on any atom is -0.394 e. The van der Waals surface area contributed by atoms with E-state index in [0.717, 1.165) is 37.0 Å². The molecule has 118 valence electrons. The van der Waals surface area contributed by atoms with E-state index in [9.17, 15) is 13.9 Å². The van der Waals surface area contributed by atoms with E-state index in [1.54, 1.807) is 0 Å². The Kier molecular flexibility index (Phi) is 4.07. The molecular formula is C14H16F2N4OS. The van der Waals surface area contributed by atoms with Gasteiger partial charge in [-0.3, -0.25) is 0 Å². The number of anilines is 1. The molecule has 0 saturated carbocycles. The van der Waals surface area contributed by atoms with Crippen molar-refractivity contribution in [3.05, 3.63) is 29.8 Å². The standard InChI is InChI=1S/C14H16F2N4OS/c15-10-4-9(5-11(16)6-10)12-18-13(22-19-12)20-3-1-2-14(17,7-20)8-21/h4-6,21H,1-3,7-8,17H2. The highest BCUT2D eigenvalue weighted by molar-refractivity contribution is 7.09. The molecule has 0 spiro atoms. The van der Waals surface area contributed by atoms with Crippen LogP contribution in [0.25, 0.3) is 11.4 Å². The Morgan fingerprint density at radius 1 is 1.32 bits per heavy atom. The molecule has 5 nitrogen and oxygen atoms in total. The molecule has 8 heteroatoms. The summed E-state index contributed by atoms with van der Waals surface area (Å²) in [5.74, 6) is -1.04. The normalized spacial score (nSPS) is 22.1. The summed E-state index contributed by atoms with van der Waals surface area (Å²) in [5, 5.41) is 10.0. The molecule has 0 bridgehead atoms. The van der Waals surface area contributed by atoms with Gasteiger partial charge < -0.3 is 15.7 Å². The number of rotatable bonds is 3. The fourth-order valence-corrected chi connectivity index (χ4v) is 3.31. The number of aliphatic hydroxyl groups is 1. The van der Waals surface area contributed by atoms with Crippen molar-refractivity contribution in [1.82, 2.24) is 9.36 Å². The van der Waals surface area contributed by atoms with Gasteiger partial charge in [0, 0.05) is 36.3 Å². The molecule has 2 aromatic rings. The van der Waals surface area contributed by atoms with E-state index in [4.69, 9.17) is 5.73 Å². The third-order valence-electron chi connectivity index (χ3n) is 3.73. The summed E-state index contributed by atoms with van der Waals surface area (Å²) >= 11 is 1.16. The molecular weight excluding hydrogens is 310 g/mol. The Morgan fingerprint density at radius 2 is 2.05 bits per heavy atom. The maximum Gasteiger partial charge on any atom is 0.205 e. The molecule has 1 aromatic heterocycles. The first kappa shape index (κ1) is 15.3. The van der Waals surface area contributed by atoms with Gasteiger partial charge in [-0.05, 0) is 25.0 Å². The second kappa shape index (κ2) is 5.86. The zero-order valence-corrected chi connectivity index (χ0v) is 12.6. The summed E-state index contributed by atoms with van der Waals surface area (Å²) in [6.07, 6.45) is 1.60. The van der Waals surface area contributed by atoms with E-state index >= 15 is 0 Å². The highest BCUT2D eigenvalue weighted by atomic mass is 32.1. The van der Waals surface area contributed by atoms with Crippen LogP contribution < -0.4 is 10.6 Å². The first-order chi connectivity index (χ1) is 10.5. The van der Waals surface area contributed by atoms with Gasteiger partial charge in [0.1, 0.15) is 11.6 Å². The fourth-order valence-electron chi connectivity index (χ4n) is 2.60. The highest BCUT2D eigenvalue weighted by Crippen LogP contribution is 2.29. The summed E-state index contributed by atoms with van der Waals surface area (Å²) < 4.78 is 30.7. The predicted octanol–water partition coefficient (Wildman–Crippen LogP) is 1.77. The van der Waals surface area contributed by atoms with Crippen LogP contribution in [0.1, 0.15) is 12.8 Å². The van der Waals surface area contributed by atoms with Crippen LogP contribution in [0.3, 0.4) is 0 Å². The molecule has 1 aliphatic rings. The number of aromatic nitrogens is 2. The monoisotopic (exact) mass is 326 g/mol. The van der Waals surface area contributed by atoms with Crippen molar-refractivity contribution in [3.63, 3.8) is 0 Å². The first-order valence-corrected chi connectivity index (χ1v) is 7.71. The van der Waals surface area contributed by atoms with E-state index in [-0.39, 0.29) is 12.4 Å². The maximum absolute atomic E-state index is 13.3. The lowest BCUT2D eigenvalue weighted by molar-refractivity contribution is 0.177. The third kappa shape index (κ3) is 3.08. The van der Waals surface area contributed by atoms with Crippen molar-refractivity contribution in [1.29, 1.82) is 0 Å². The summed E-state index contributed by atoms with van der Waals surface area (Å²) in [6, 6.07) is 3.21. The summed E-state index contributed by atoms with van der Waals surface area (Å²) in [6.45, 7) is 1.16. The van der Waals surface area contributed by atoms with Crippen LogP contribution in [0.15, 0.2) is 18.2 Å². The molecule has 1 atom stereocenters. The molecule has 22 heavy (non-hydrogen) atoms. The Hall–Kier alpha value is -1.64. The molecule has 0 amide bonds. The summed E-state index contributed by atoms with van der Waals surface area (Å²) in [5.41, 5.74) is 5.77.